The number of nitrogens with one attached hydrogen (secondary N) is 1. The molecule has 19 heavy (non-hydrogen) atoms. The highest BCUT2D eigenvalue weighted by atomic mass is 16.5. The van der Waals surface area contributed by atoms with Gasteiger partial charge in [0.05, 0.1) is 12.9 Å². The fourth-order valence-corrected chi connectivity index (χ4v) is 2.02. The predicted octanol–water partition coefficient (Wildman–Crippen LogP) is 2.48. The van der Waals surface area contributed by atoms with Crippen molar-refractivity contribution in [1.29, 1.82) is 5.41 Å². The van der Waals surface area contributed by atoms with Crippen LogP contribution in [-0.4, -0.2) is 30.9 Å². The second-order valence-corrected chi connectivity index (χ2v) is 5.25. The fourth-order valence-electron chi connectivity index (χ4n) is 2.02. The number of methoxy groups -OCH3 is 1. The maximum absolute atomic E-state index is 7.34. The van der Waals surface area contributed by atoms with Crippen LogP contribution in [-0.2, 0) is 6.54 Å². The van der Waals surface area contributed by atoms with Gasteiger partial charge in [-0.05, 0) is 23.6 Å². The van der Waals surface area contributed by atoms with Crippen LogP contribution in [0.25, 0.3) is 0 Å². The first-order valence-corrected chi connectivity index (χ1v) is 6.69. The molecule has 0 saturated heterocycles. The van der Waals surface area contributed by atoms with Crippen molar-refractivity contribution in [3.8, 4) is 5.75 Å². The van der Waals surface area contributed by atoms with E-state index >= 15 is 0 Å². The number of benzene rings is 1. The minimum absolute atomic E-state index is 0.253. The summed E-state index contributed by atoms with van der Waals surface area (Å²) in [4.78, 5) is 2.34. The summed E-state index contributed by atoms with van der Waals surface area (Å²) in [6, 6.07) is 8.13. The molecule has 106 valence electrons. The maximum atomic E-state index is 7.34. The van der Waals surface area contributed by atoms with Crippen molar-refractivity contribution in [3.05, 3.63) is 29.8 Å². The molecule has 0 aliphatic rings. The smallest absolute Gasteiger partial charge is 0.118 e. The molecule has 4 nitrogen and oxygen atoms in total. The first-order chi connectivity index (χ1) is 9.01. The molecule has 0 heterocycles. The topological polar surface area (TPSA) is 62.3 Å². The van der Waals surface area contributed by atoms with Crippen molar-refractivity contribution in [2.45, 2.75) is 26.8 Å². The molecule has 1 aromatic rings. The molecule has 1 aromatic carbocycles. The fraction of sp³-hybridized carbons (Fsp3) is 0.533. The molecule has 0 aromatic heterocycles. The zero-order valence-corrected chi connectivity index (χ0v) is 12.1. The third-order valence-corrected chi connectivity index (χ3v) is 2.89. The van der Waals surface area contributed by atoms with Gasteiger partial charge >= 0.3 is 0 Å². The van der Waals surface area contributed by atoms with Crippen LogP contribution in [0.5, 0.6) is 5.75 Å². The molecule has 0 spiro atoms. The third-order valence-electron chi connectivity index (χ3n) is 2.89. The van der Waals surface area contributed by atoms with Crippen LogP contribution in [0.4, 0.5) is 0 Å². The average Bonchev–Trinajstić information content (AvgIpc) is 2.36. The molecule has 0 saturated carbocycles. The van der Waals surface area contributed by atoms with E-state index in [1.165, 1.54) is 5.56 Å². The van der Waals surface area contributed by atoms with Crippen molar-refractivity contribution < 1.29 is 4.74 Å². The van der Waals surface area contributed by atoms with Crippen LogP contribution < -0.4 is 10.5 Å². The second kappa shape index (κ2) is 7.79. The van der Waals surface area contributed by atoms with E-state index in [9.17, 15) is 0 Å². The van der Waals surface area contributed by atoms with Crippen molar-refractivity contribution >= 4 is 5.84 Å². The van der Waals surface area contributed by atoms with Crippen molar-refractivity contribution in [2.75, 3.05) is 20.2 Å². The second-order valence-electron chi connectivity index (χ2n) is 5.25. The van der Waals surface area contributed by atoms with Crippen molar-refractivity contribution in [1.82, 2.24) is 4.90 Å². The molecule has 4 heteroatoms. The quantitative estimate of drug-likeness (QED) is 0.559. The Morgan fingerprint density at radius 2 is 1.95 bits per heavy atom. The predicted molar refractivity (Wildman–Crippen MR) is 79.6 cm³/mol. The lowest BCUT2D eigenvalue weighted by Crippen LogP contribution is -2.30. The Bertz CT molecular complexity index is 387. The standard InChI is InChI=1S/C15H25N3O/c1-12(2)10-18(9-8-15(16)17)11-13-4-6-14(19-3)7-5-13/h4-7,12H,8-11H2,1-3H3,(H3,16,17). The van der Waals surface area contributed by atoms with Gasteiger partial charge < -0.3 is 10.5 Å². The van der Waals surface area contributed by atoms with Crippen LogP contribution in [0.2, 0.25) is 0 Å². The zero-order chi connectivity index (χ0) is 14.3. The normalized spacial score (nSPS) is 11.0. The summed E-state index contributed by atoms with van der Waals surface area (Å²) in [6.07, 6.45) is 0.628. The van der Waals surface area contributed by atoms with Crippen LogP contribution in [0, 0.1) is 11.3 Å². The summed E-state index contributed by atoms with van der Waals surface area (Å²) in [5.74, 6) is 1.73. The van der Waals surface area contributed by atoms with Gasteiger partial charge in [-0.2, -0.15) is 0 Å². The van der Waals surface area contributed by atoms with Gasteiger partial charge in [0.25, 0.3) is 0 Å². The average molecular weight is 263 g/mol. The summed E-state index contributed by atoms with van der Waals surface area (Å²) < 4.78 is 5.16. The van der Waals surface area contributed by atoms with Crippen molar-refractivity contribution in [2.24, 2.45) is 11.7 Å². The number of rotatable bonds is 8. The monoisotopic (exact) mass is 263 g/mol. The molecule has 0 bridgehead atoms. The number of nitrogens with zero attached hydrogens (tertiary/aromatic N) is 1. The van der Waals surface area contributed by atoms with E-state index in [-0.39, 0.29) is 5.84 Å². The van der Waals surface area contributed by atoms with Crippen LogP contribution in [0.15, 0.2) is 24.3 Å². The SMILES string of the molecule is COc1ccc(CN(CCC(=N)N)CC(C)C)cc1. The molecule has 3 N–H and O–H groups in total. The highest BCUT2D eigenvalue weighted by molar-refractivity contribution is 5.76. The Hall–Kier alpha value is -1.55. The Kier molecular flexibility index (Phi) is 6.36. The highest BCUT2D eigenvalue weighted by Gasteiger charge is 2.09. The summed E-state index contributed by atoms with van der Waals surface area (Å²) in [5, 5.41) is 7.34. The molecule has 0 unspecified atom stereocenters. The van der Waals surface area contributed by atoms with E-state index in [2.05, 4.69) is 30.9 Å². The van der Waals surface area contributed by atoms with Crippen LogP contribution in [0.3, 0.4) is 0 Å². The first-order valence-electron chi connectivity index (χ1n) is 6.69. The van der Waals surface area contributed by atoms with Gasteiger partial charge in [0.1, 0.15) is 5.75 Å². The van der Waals surface area contributed by atoms with E-state index < -0.39 is 0 Å². The largest absolute Gasteiger partial charge is 0.497 e. The third kappa shape index (κ3) is 6.25. The van der Waals surface area contributed by atoms with Crippen LogP contribution in [0.1, 0.15) is 25.8 Å². The summed E-state index contributed by atoms with van der Waals surface area (Å²) >= 11 is 0. The van der Waals surface area contributed by atoms with Gasteiger partial charge in [-0.15, -0.1) is 0 Å². The zero-order valence-electron chi connectivity index (χ0n) is 12.1. The summed E-state index contributed by atoms with van der Waals surface area (Å²) in [7, 11) is 1.67. The van der Waals surface area contributed by atoms with E-state index in [0.717, 1.165) is 25.4 Å². The number of hydrogen-bond donors (Lipinski definition) is 2. The first kappa shape index (κ1) is 15.5. The highest BCUT2D eigenvalue weighted by Crippen LogP contribution is 2.14. The van der Waals surface area contributed by atoms with E-state index in [1.54, 1.807) is 7.11 Å². The lowest BCUT2D eigenvalue weighted by molar-refractivity contribution is 0.242. The molecule has 0 aliphatic carbocycles. The lowest BCUT2D eigenvalue weighted by Gasteiger charge is -2.24. The van der Waals surface area contributed by atoms with Gasteiger partial charge in [-0.1, -0.05) is 26.0 Å². The maximum Gasteiger partial charge on any atom is 0.118 e. The Balaban J connectivity index is 2.60. The number of ether oxygens (including phenoxy) is 1. The Labute approximate surface area is 116 Å². The molecule has 0 amide bonds. The summed E-state index contributed by atoms with van der Waals surface area (Å²) in [6.45, 7) is 7.14. The molecular weight excluding hydrogens is 238 g/mol. The minimum Gasteiger partial charge on any atom is -0.497 e. The molecule has 0 radical (unpaired) electrons. The minimum atomic E-state index is 0.253. The molecular formula is C15H25N3O. The lowest BCUT2D eigenvalue weighted by atomic mass is 10.1. The van der Waals surface area contributed by atoms with Gasteiger partial charge in [0, 0.05) is 26.1 Å². The van der Waals surface area contributed by atoms with E-state index in [1.807, 2.05) is 12.1 Å². The van der Waals surface area contributed by atoms with Gasteiger partial charge in [-0.25, -0.2) is 0 Å². The molecule has 0 fully saturated rings. The molecule has 1 rings (SSSR count). The van der Waals surface area contributed by atoms with Crippen molar-refractivity contribution in [3.63, 3.8) is 0 Å². The Morgan fingerprint density at radius 1 is 1.32 bits per heavy atom. The summed E-state index contributed by atoms with van der Waals surface area (Å²) in [5.41, 5.74) is 6.70. The van der Waals surface area contributed by atoms with Gasteiger partial charge in [0.15, 0.2) is 0 Å². The van der Waals surface area contributed by atoms with Gasteiger partial charge in [-0.3, -0.25) is 10.3 Å². The number of hydrogen-bond acceptors (Lipinski definition) is 3. The van der Waals surface area contributed by atoms with Crippen LogP contribution >= 0.6 is 0 Å². The molecule has 0 atom stereocenters. The number of amidine groups is 1. The molecule has 0 aliphatic heterocycles. The number of nitrogens with two attached hydrogens (primary N) is 1. The Morgan fingerprint density at radius 3 is 2.42 bits per heavy atom. The van der Waals surface area contributed by atoms with Gasteiger partial charge in [0.2, 0.25) is 0 Å². The van der Waals surface area contributed by atoms with E-state index in [0.29, 0.717) is 12.3 Å². The van der Waals surface area contributed by atoms with E-state index in [4.69, 9.17) is 15.9 Å².